The molecule has 94 valence electrons. The van der Waals surface area contributed by atoms with Crippen LogP contribution in [0.15, 0.2) is 0 Å². The number of likely N-dealkylation sites (tertiary alicyclic amines) is 1. The Kier molecular flexibility index (Phi) is 4.66. The monoisotopic (exact) mass is 224 g/mol. The van der Waals surface area contributed by atoms with Gasteiger partial charge < -0.3 is 5.32 Å². The Balaban J connectivity index is 1.80. The first-order chi connectivity index (χ1) is 7.85. The maximum Gasteiger partial charge on any atom is 0.0195 e. The highest BCUT2D eigenvalue weighted by Crippen LogP contribution is 2.37. The predicted octanol–water partition coefficient (Wildman–Crippen LogP) is 2.64. The predicted molar refractivity (Wildman–Crippen MR) is 69.7 cm³/mol. The maximum absolute atomic E-state index is 3.70. The lowest BCUT2D eigenvalue weighted by Gasteiger charge is -2.38. The van der Waals surface area contributed by atoms with E-state index in [1.807, 2.05) is 0 Å². The zero-order valence-corrected chi connectivity index (χ0v) is 11.0. The number of piperidine rings is 1. The molecule has 2 unspecified atom stereocenters. The molecule has 0 spiro atoms. The lowest BCUT2D eigenvalue weighted by molar-refractivity contribution is 0.119. The SMILES string of the molecule is CCCNC1CCCN(C(CC)C2CC2)C1. The van der Waals surface area contributed by atoms with E-state index in [0.717, 1.165) is 18.0 Å². The molecule has 0 radical (unpaired) electrons. The smallest absolute Gasteiger partial charge is 0.0195 e. The summed E-state index contributed by atoms with van der Waals surface area (Å²) in [6.45, 7) is 8.46. The van der Waals surface area contributed by atoms with Gasteiger partial charge in [-0.3, -0.25) is 4.90 Å². The second kappa shape index (κ2) is 6.02. The number of nitrogens with one attached hydrogen (secondary N) is 1. The largest absolute Gasteiger partial charge is 0.313 e. The van der Waals surface area contributed by atoms with Gasteiger partial charge in [-0.25, -0.2) is 0 Å². The van der Waals surface area contributed by atoms with E-state index in [-0.39, 0.29) is 0 Å². The van der Waals surface area contributed by atoms with Gasteiger partial charge in [-0.2, -0.15) is 0 Å². The molecule has 1 saturated heterocycles. The average molecular weight is 224 g/mol. The zero-order valence-electron chi connectivity index (χ0n) is 11.0. The van der Waals surface area contributed by atoms with Crippen LogP contribution in [0.1, 0.15) is 52.4 Å². The van der Waals surface area contributed by atoms with Crippen LogP contribution in [-0.4, -0.2) is 36.6 Å². The minimum absolute atomic E-state index is 0.765. The Morgan fingerprint density at radius 1 is 1.25 bits per heavy atom. The third-order valence-corrected chi connectivity index (χ3v) is 4.19. The Labute approximate surface area is 101 Å². The van der Waals surface area contributed by atoms with E-state index >= 15 is 0 Å². The third kappa shape index (κ3) is 3.21. The molecular weight excluding hydrogens is 196 g/mol. The van der Waals surface area contributed by atoms with Crippen LogP contribution in [0, 0.1) is 5.92 Å². The van der Waals surface area contributed by atoms with Crippen molar-refractivity contribution in [2.45, 2.75) is 64.5 Å². The van der Waals surface area contributed by atoms with Crippen LogP contribution >= 0.6 is 0 Å². The first kappa shape index (κ1) is 12.4. The molecule has 1 aliphatic heterocycles. The first-order valence-corrected chi connectivity index (χ1v) is 7.32. The van der Waals surface area contributed by atoms with E-state index in [2.05, 4.69) is 24.1 Å². The molecular formula is C14H28N2. The Morgan fingerprint density at radius 2 is 2.06 bits per heavy atom. The first-order valence-electron chi connectivity index (χ1n) is 7.32. The summed E-state index contributed by atoms with van der Waals surface area (Å²) < 4.78 is 0. The van der Waals surface area contributed by atoms with Gasteiger partial charge in [0.25, 0.3) is 0 Å². The quantitative estimate of drug-likeness (QED) is 0.746. The second-order valence-electron chi connectivity index (χ2n) is 5.60. The molecule has 2 rings (SSSR count). The lowest BCUT2D eigenvalue weighted by Crippen LogP contribution is -2.50. The van der Waals surface area contributed by atoms with Crippen molar-refractivity contribution in [3.63, 3.8) is 0 Å². The number of rotatable bonds is 6. The molecule has 1 N–H and O–H groups in total. The van der Waals surface area contributed by atoms with Gasteiger partial charge in [-0.05, 0) is 57.5 Å². The molecule has 0 aromatic carbocycles. The van der Waals surface area contributed by atoms with Gasteiger partial charge in [0.2, 0.25) is 0 Å². The van der Waals surface area contributed by atoms with Crippen LogP contribution in [0.25, 0.3) is 0 Å². The highest BCUT2D eigenvalue weighted by Gasteiger charge is 2.35. The molecule has 0 aromatic heterocycles. The molecule has 2 aliphatic rings. The second-order valence-corrected chi connectivity index (χ2v) is 5.60. The van der Waals surface area contributed by atoms with Crippen LogP contribution in [0.2, 0.25) is 0 Å². The minimum atomic E-state index is 0.765. The number of hydrogen-bond donors (Lipinski definition) is 1. The summed E-state index contributed by atoms with van der Waals surface area (Å²) in [7, 11) is 0. The molecule has 2 atom stereocenters. The van der Waals surface area contributed by atoms with E-state index in [4.69, 9.17) is 0 Å². The summed E-state index contributed by atoms with van der Waals surface area (Å²) in [4.78, 5) is 2.77. The standard InChI is InChI=1S/C14H28N2/c1-3-9-15-13-6-5-10-16(11-13)14(4-2)12-7-8-12/h12-15H,3-11H2,1-2H3. The van der Waals surface area contributed by atoms with Crippen LogP contribution < -0.4 is 5.32 Å². The van der Waals surface area contributed by atoms with Gasteiger partial charge >= 0.3 is 0 Å². The normalized spacial score (nSPS) is 29.2. The fraction of sp³-hybridized carbons (Fsp3) is 1.00. The van der Waals surface area contributed by atoms with Gasteiger partial charge in [0.05, 0.1) is 0 Å². The molecule has 2 heteroatoms. The molecule has 0 amide bonds. The topological polar surface area (TPSA) is 15.3 Å². The van der Waals surface area contributed by atoms with E-state index in [1.165, 1.54) is 58.2 Å². The van der Waals surface area contributed by atoms with Crippen molar-refractivity contribution in [2.75, 3.05) is 19.6 Å². The van der Waals surface area contributed by atoms with Gasteiger partial charge in [-0.1, -0.05) is 13.8 Å². The Hall–Kier alpha value is -0.0800. The number of nitrogens with zero attached hydrogens (tertiary/aromatic N) is 1. The average Bonchev–Trinajstić information content (AvgIpc) is 3.12. The molecule has 1 aliphatic carbocycles. The van der Waals surface area contributed by atoms with Crippen molar-refractivity contribution in [3.8, 4) is 0 Å². The van der Waals surface area contributed by atoms with Crippen molar-refractivity contribution < 1.29 is 0 Å². The van der Waals surface area contributed by atoms with Crippen molar-refractivity contribution in [1.29, 1.82) is 0 Å². The van der Waals surface area contributed by atoms with Gasteiger partial charge in [0.15, 0.2) is 0 Å². The molecule has 0 bridgehead atoms. The molecule has 16 heavy (non-hydrogen) atoms. The minimum Gasteiger partial charge on any atom is -0.313 e. The summed E-state index contributed by atoms with van der Waals surface area (Å²) in [5.41, 5.74) is 0. The summed E-state index contributed by atoms with van der Waals surface area (Å²) in [5, 5.41) is 3.70. The van der Waals surface area contributed by atoms with Crippen LogP contribution in [0.5, 0.6) is 0 Å². The summed E-state index contributed by atoms with van der Waals surface area (Å²) in [5.74, 6) is 1.04. The summed E-state index contributed by atoms with van der Waals surface area (Å²) in [6, 6.07) is 1.66. The molecule has 2 nitrogen and oxygen atoms in total. The fourth-order valence-corrected chi connectivity index (χ4v) is 3.19. The maximum atomic E-state index is 3.70. The Bertz CT molecular complexity index is 201. The fourth-order valence-electron chi connectivity index (χ4n) is 3.19. The number of hydrogen-bond acceptors (Lipinski definition) is 2. The van der Waals surface area contributed by atoms with Gasteiger partial charge in [-0.15, -0.1) is 0 Å². The van der Waals surface area contributed by atoms with E-state index in [1.54, 1.807) is 0 Å². The van der Waals surface area contributed by atoms with Crippen molar-refractivity contribution in [2.24, 2.45) is 5.92 Å². The summed E-state index contributed by atoms with van der Waals surface area (Å²) in [6.07, 6.45) is 8.37. The zero-order chi connectivity index (χ0) is 11.4. The molecule has 1 saturated carbocycles. The van der Waals surface area contributed by atoms with E-state index < -0.39 is 0 Å². The highest BCUT2D eigenvalue weighted by molar-refractivity contribution is 4.90. The third-order valence-electron chi connectivity index (χ3n) is 4.19. The Morgan fingerprint density at radius 3 is 2.69 bits per heavy atom. The van der Waals surface area contributed by atoms with Crippen LogP contribution in [0.4, 0.5) is 0 Å². The van der Waals surface area contributed by atoms with Gasteiger partial charge in [0, 0.05) is 18.6 Å². The van der Waals surface area contributed by atoms with Crippen LogP contribution in [0.3, 0.4) is 0 Å². The van der Waals surface area contributed by atoms with Crippen molar-refractivity contribution in [1.82, 2.24) is 10.2 Å². The lowest BCUT2D eigenvalue weighted by atomic mass is 10.00. The molecule has 0 aromatic rings. The van der Waals surface area contributed by atoms with Crippen molar-refractivity contribution >= 4 is 0 Å². The molecule has 1 heterocycles. The van der Waals surface area contributed by atoms with Crippen molar-refractivity contribution in [3.05, 3.63) is 0 Å². The molecule has 2 fully saturated rings. The highest BCUT2D eigenvalue weighted by atomic mass is 15.2. The summed E-state index contributed by atoms with van der Waals surface area (Å²) >= 11 is 0. The van der Waals surface area contributed by atoms with E-state index in [0.29, 0.717) is 0 Å². The van der Waals surface area contributed by atoms with Crippen LogP contribution in [-0.2, 0) is 0 Å². The van der Waals surface area contributed by atoms with Gasteiger partial charge in [0.1, 0.15) is 0 Å². The van der Waals surface area contributed by atoms with E-state index in [9.17, 15) is 0 Å².